The van der Waals surface area contributed by atoms with Crippen LogP contribution >= 0.6 is 0 Å². The van der Waals surface area contributed by atoms with Crippen molar-refractivity contribution in [2.75, 3.05) is 26.7 Å². The fourth-order valence-corrected chi connectivity index (χ4v) is 1.76. The van der Waals surface area contributed by atoms with E-state index < -0.39 is 0 Å². The van der Waals surface area contributed by atoms with E-state index in [9.17, 15) is 4.79 Å². The zero-order chi connectivity index (χ0) is 10.4. The zero-order valence-corrected chi connectivity index (χ0v) is 9.18. The summed E-state index contributed by atoms with van der Waals surface area (Å²) in [6.45, 7) is 4.66. The molecule has 2 N–H and O–H groups in total. The van der Waals surface area contributed by atoms with Crippen LogP contribution in [0.15, 0.2) is 0 Å². The lowest BCUT2D eigenvalue weighted by molar-refractivity contribution is 0.183. The molecule has 0 unspecified atom stereocenters. The van der Waals surface area contributed by atoms with Crippen molar-refractivity contribution in [1.82, 2.24) is 15.5 Å². The van der Waals surface area contributed by atoms with Crippen LogP contribution in [0.4, 0.5) is 4.79 Å². The summed E-state index contributed by atoms with van der Waals surface area (Å²) < 4.78 is 0. The third-order valence-corrected chi connectivity index (χ3v) is 2.52. The molecule has 1 heterocycles. The summed E-state index contributed by atoms with van der Waals surface area (Å²) in [5.74, 6) is 0. The number of carbonyl (C=O) groups excluding carboxylic acids is 1. The predicted octanol–water partition coefficient (Wildman–Crippen LogP) is 0.790. The van der Waals surface area contributed by atoms with Crippen LogP contribution in [-0.4, -0.2) is 43.7 Å². The van der Waals surface area contributed by atoms with Crippen molar-refractivity contribution in [3.8, 4) is 0 Å². The highest BCUT2D eigenvalue weighted by Gasteiger charge is 2.17. The van der Waals surface area contributed by atoms with Gasteiger partial charge in [0.2, 0.25) is 0 Å². The fourth-order valence-electron chi connectivity index (χ4n) is 1.76. The molecule has 1 rings (SSSR count). The summed E-state index contributed by atoms with van der Waals surface area (Å²) in [5.41, 5.74) is 0. The second kappa shape index (κ2) is 5.86. The molecule has 0 radical (unpaired) electrons. The number of likely N-dealkylation sites (tertiary alicyclic amines) is 1. The lowest BCUT2D eigenvalue weighted by Gasteiger charge is -2.28. The van der Waals surface area contributed by atoms with Crippen LogP contribution in [-0.2, 0) is 0 Å². The number of hydrogen-bond donors (Lipinski definition) is 2. The van der Waals surface area contributed by atoms with Crippen molar-refractivity contribution < 1.29 is 4.79 Å². The molecule has 1 aliphatic heterocycles. The average Bonchev–Trinajstić information content (AvgIpc) is 2.19. The van der Waals surface area contributed by atoms with Gasteiger partial charge in [-0.15, -0.1) is 0 Å². The Morgan fingerprint density at radius 3 is 2.57 bits per heavy atom. The molecule has 1 atom stereocenters. The Morgan fingerprint density at radius 2 is 2.00 bits per heavy atom. The Morgan fingerprint density at radius 1 is 1.36 bits per heavy atom. The molecule has 82 valence electrons. The SMILES string of the molecule is CNC[C@H](C)NC(=O)N1CCCCC1. The van der Waals surface area contributed by atoms with Crippen LogP contribution in [0, 0.1) is 0 Å². The molecule has 14 heavy (non-hydrogen) atoms. The molecule has 0 aromatic rings. The van der Waals surface area contributed by atoms with Crippen molar-refractivity contribution in [1.29, 1.82) is 0 Å². The van der Waals surface area contributed by atoms with E-state index in [0.29, 0.717) is 0 Å². The summed E-state index contributed by atoms with van der Waals surface area (Å²) >= 11 is 0. The van der Waals surface area contributed by atoms with Crippen LogP contribution in [0.3, 0.4) is 0 Å². The quantitative estimate of drug-likeness (QED) is 0.706. The summed E-state index contributed by atoms with van der Waals surface area (Å²) in [5, 5.41) is 6.02. The summed E-state index contributed by atoms with van der Waals surface area (Å²) in [4.78, 5) is 13.6. The number of rotatable bonds is 3. The Balaban J connectivity index is 2.25. The molecule has 0 bridgehead atoms. The molecule has 1 aliphatic rings. The molecule has 0 spiro atoms. The van der Waals surface area contributed by atoms with Crippen molar-refractivity contribution in [2.24, 2.45) is 0 Å². The van der Waals surface area contributed by atoms with E-state index in [1.807, 2.05) is 18.9 Å². The Kier molecular flexibility index (Phi) is 4.73. The maximum Gasteiger partial charge on any atom is 0.317 e. The van der Waals surface area contributed by atoms with Crippen LogP contribution in [0.2, 0.25) is 0 Å². The minimum absolute atomic E-state index is 0.0902. The van der Waals surface area contributed by atoms with Gasteiger partial charge in [0.1, 0.15) is 0 Å². The first kappa shape index (κ1) is 11.3. The van der Waals surface area contributed by atoms with Gasteiger partial charge in [-0.3, -0.25) is 0 Å². The normalized spacial score (nSPS) is 19.1. The van der Waals surface area contributed by atoms with Crippen LogP contribution in [0.1, 0.15) is 26.2 Å². The number of amides is 2. The van der Waals surface area contributed by atoms with Crippen LogP contribution in [0.25, 0.3) is 0 Å². The minimum atomic E-state index is 0.0902. The fraction of sp³-hybridized carbons (Fsp3) is 0.900. The Hall–Kier alpha value is -0.770. The zero-order valence-electron chi connectivity index (χ0n) is 9.18. The molecule has 0 aromatic heterocycles. The molecule has 4 heteroatoms. The van der Waals surface area contributed by atoms with E-state index in [1.165, 1.54) is 6.42 Å². The van der Waals surface area contributed by atoms with Gasteiger partial charge in [0.25, 0.3) is 0 Å². The highest BCUT2D eigenvalue weighted by molar-refractivity contribution is 5.74. The molecule has 1 saturated heterocycles. The number of nitrogens with zero attached hydrogens (tertiary/aromatic N) is 1. The number of nitrogens with one attached hydrogen (secondary N) is 2. The Bertz CT molecular complexity index is 178. The summed E-state index contributed by atoms with van der Waals surface area (Å²) in [7, 11) is 1.89. The van der Waals surface area contributed by atoms with Gasteiger partial charge in [-0.2, -0.15) is 0 Å². The van der Waals surface area contributed by atoms with E-state index >= 15 is 0 Å². The first-order valence-corrected chi connectivity index (χ1v) is 5.44. The second-order valence-corrected chi connectivity index (χ2v) is 3.96. The first-order chi connectivity index (χ1) is 6.74. The highest BCUT2D eigenvalue weighted by atomic mass is 16.2. The predicted molar refractivity (Wildman–Crippen MR) is 57.3 cm³/mol. The number of urea groups is 1. The molecule has 0 aromatic carbocycles. The van der Waals surface area contributed by atoms with Gasteiger partial charge in [0.05, 0.1) is 0 Å². The van der Waals surface area contributed by atoms with Gasteiger partial charge >= 0.3 is 6.03 Å². The summed E-state index contributed by atoms with van der Waals surface area (Å²) in [6, 6.07) is 0.293. The largest absolute Gasteiger partial charge is 0.334 e. The van der Waals surface area contributed by atoms with Gasteiger partial charge in [-0.25, -0.2) is 4.79 Å². The number of likely N-dealkylation sites (N-methyl/N-ethyl adjacent to an activating group) is 1. The Labute approximate surface area is 86.0 Å². The van der Waals surface area contributed by atoms with Crippen LogP contribution < -0.4 is 10.6 Å². The average molecular weight is 199 g/mol. The third kappa shape index (κ3) is 3.54. The molecular formula is C10H21N3O. The molecular weight excluding hydrogens is 178 g/mol. The number of carbonyl (C=O) groups is 1. The van der Waals surface area contributed by atoms with E-state index in [2.05, 4.69) is 10.6 Å². The number of hydrogen-bond acceptors (Lipinski definition) is 2. The van der Waals surface area contributed by atoms with E-state index in [0.717, 1.165) is 32.5 Å². The van der Waals surface area contributed by atoms with Gasteiger partial charge in [0, 0.05) is 25.7 Å². The maximum atomic E-state index is 11.7. The van der Waals surface area contributed by atoms with Gasteiger partial charge < -0.3 is 15.5 Å². The van der Waals surface area contributed by atoms with Gasteiger partial charge in [-0.1, -0.05) is 0 Å². The van der Waals surface area contributed by atoms with Gasteiger partial charge in [0.15, 0.2) is 0 Å². The highest BCUT2D eigenvalue weighted by Crippen LogP contribution is 2.08. The lowest BCUT2D eigenvalue weighted by atomic mass is 10.1. The molecule has 1 fully saturated rings. The number of piperidine rings is 1. The smallest absolute Gasteiger partial charge is 0.317 e. The van der Waals surface area contributed by atoms with Crippen molar-refractivity contribution in [2.45, 2.75) is 32.2 Å². The molecule has 4 nitrogen and oxygen atoms in total. The first-order valence-electron chi connectivity index (χ1n) is 5.44. The molecule has 2 amide bonds. The van der Waals surface area contributed by atoms with E-state index in [4.69, 9.17) is 0 Å². The monoisotopic (exact) mass is 199 g/mol. The van der Waals surface area contributed by atoms with Crippen LogP contribution in [0.5, 0.6) is 0 Å². The van der Waals surface area contributed by atoms with Crippen molar-refractivity contribution in [3.63, 3.8) is 0 Å². The maximum absolute atomic E-state index is 11.7. The topological polar surface area (TPSA) is 44.4 Å². The van der Waals surface area contributed by atoms with Gasteiger partial charge in [-0.05, 0) is 33.2 Å². The van der Waals surface area contributed by atoms with Crippen molar-refractivity contribution >= 4 is 6.03 Å². The van der Waals surface area contributed by atoms with E-state index in [1.54, 1.807) is 0 Å². The summed E-state index contributed by atoms with van der Waals surface area (Å²) in [6.07, 6.45) is 3.55. The molecule has 0 aliphatic carbocycles. The minimum Gasteiger partial charge on any atom is -0.334 e. The van der Waals surface area contributed by atoms with Crippen molar-refractivity contribution in [3.05, 3.63) is 0 Å². The second-order valence-electron chi connectivity index (χ2n) is 3.96. The standard InChI is InChI=1S/C10H21N3O/c1-9(8-11-2)12-10(14)13-6-4-3-5-7-13/h9,11H,3-8H2,1-2H3,(H,12,14)/t9-/m0/s1. The lowest BCUT2D eigenvalue weighted by Crippen LogP contribution is -2.48. The third-order valence-electron chi connectivity index (χ3n) is 2.52. The van der Waals surface area contributed by atoms with E-state index in [-0.39, 0.29) is 12.1 Å². The molecule has 0 saturated carbocycles.